The highest BCUT2D eigenvalue weighted by molar-refractivity contribution is 7.80. The van der Waals surface area contributed by atoms with Crippen LogP contribution in [0.4, 0.5) is 0 Å². The van der Waals surface area contributed by atoms with Gasteiger partial charge in [0, 0.05) is 52.4 Å². The Bertz CT molecular complexity index is 287. The topological polar surface area (TPSA) is 42.6 Å². The van der Waals surface area contributed by atoms with Gasteiger partial charge in [-0.2, -0.15) is 0 Å². The lowest BCUT2D eigenvalue weighted by Gasteiger charge is -2.36. The Kier molecular flexibility index (Phi) is 8.00. The molecule has 0 aromatic carbocycles. The van der Waals surface area contributed by atoms with E-state index in [-0.39, 0.29) is 0 Å². The summed E-state index contributed by atoms with van der Waals surface area (Å²) >= 11 is 10.4. The molecular formula is C12H25N5S2. The molecule has 0 unspecified atom stereocenters. The van der Waals surface area contributed by atoms with Gasteiger partial charge in [-0.3, -0.25) is 4.90 Å². The molecule has 3 N–H and O–H groups in total. The minimum absolute atomic E-state index is 0.745. The predicted octanol–water partition coefficient (Wildman–Crippen LogP) is -0.0176. The van der Waals surface area contributed by atoms with Gasteiger partial charge in [-0.25, -0.2) is 0 Å². The molecule has 1 aliphatic rings. The van der Waals surface area contributed by atoms with Crippen LogP contribution in [-0.4, -0.2) is 72.4 Å². The summed E-state index contributed by atoms with van der Waals surface area (Å²) in [6, 6.07) is 0. The van der Waals surface area contributed by atoms with Crippen LogP contribution >= 0.6 is 24.4 Å². The van der Waals surface area contributed by atoms with Crippen LogP contribution in [0.5, 0.6) is 0 Å². The van der Waals surface area contributed by atoms with Crippen LogP contribution in [0.2, 0.25) is 0 Å². The zero-order valence-corrected chi connectivity index (χ0v) is 13.5. The quantitative estimate of drug-likeness (QED) is 0.617. The Hall–Kier alpha value is -0.660. The van der Waals surface area contributed by atoms with Crippen LogP contribution in [-0.2, 0) is 0 Å². The van der Waals surface area contributed by atoms with E-state index >= 15 is 0 Å². The second-order valence-electron chi connectivity index (χ2n) is 4.45. The highest BCUT2D eigenvalue weighted by Crippen LogP contribution is 2.01. The van der Waals surface area contributed by atoms with Gasteiger partial charge in [-0.15, -0.1) is 0 Å². The van der Waals surface area contributed by atoms with Crippen molar-refractivity contribution in [3.05, 3.63) is 0 Å². The summed E-state index contributed by atoms with van der Waals surface area (Å²) in [5.74, 6) is 0. The molecule has 1 rings (SSSR count). The standard InChI is InChI=1S/C12H25N5S2/c1-3-13-11(18)15-5-6-16-7-9-17(10-8-16)12(19)14-4-2/h3-10H2,1-2H3,(H,14,19)(H2,13,15,18). The van der Waals surface area contributed by atoms with Crippen molar-refractivity contribution < 1.29 is 0 Å². The summed E-state index contributed by atoms with van der Waals surface area (Å²) in [5.41, 5.74) is 0. The van der Waals surface area contributed by atoms with E-state index in [1.165, 1.54) is 0 Å². The van der Waals surface area contributed by atoms with Crippen LogP contribution in [0.3, 0.4) is 0 Å². The fourth-order valence-corrected chi connectivity index (χ4v) is 2.56. The minimum Gasteiger partial charge on any atom is -0.363 e. The number of rotatable bonds is 5. The van der Waals surface area contributed by atoms with Crippen molar-refractivity contribution in [1.29, 1.82) is 0 Å². The molecule has 1 fully saturated rings. The lowest BCUT2D eigenvalue weighted by atomic mass is 10.3. The summed E-state index contributed by atoms with van der Waals surface area (Å²) in [6.45, 7) is 11.9. The summed E-state index contributed by atoms with van der Waals surface area (Å²) in [5, 5.41) is 11.1. The average molecular weight is 304 g/mol. The number of hydrogen-bond acceptors (Lipinski definition) is 3. The van der Waals surface area contributed by atoms with Crippen LogP contribution in [0.25, 0.3) is 0 Å². The molecule has 110 valence electrons. The lowest BCUT2D eigenvalue weighted by molar-refractivity contribution is 0.184. The first-order chi connectivity index (χ1) is 9.17. The third kappa shape index (κ3) is 6.35. The molecule has 0 aromatic rings. The van der Waals surface area contributed by atoms with Gasteiger partial charge in [0.05, 0.1) is 0 Å². The maximum absolute atomic E-state index is 5.32. The first kappa shape index (κ1) is 16.4. The van der Waals surface area contributed by atoms with Crippen molar-refractivity contribution in [3.8, 4) is 0 Å². The molecule has 0 spiro atoms. The smallest absolute Gasteiger partial charge is 0.169 e. The van der Waals surface area contributed by atoms with Gasteiger partial charge in [0.1, 0.15) is 0 Å². The normalized spacial score (nSPS) is 16.0. The van der Waals surface area contributed by atoms with Gasteiger partial charge in [0.2, 0.25) is 0 Å². The predicted molar refractivity (Wildman–Crippen MR) is 88.6 cm³/mol. The molecule has 0 aromatic heterocycles. The molecular weight excluding hydrogens is 278 g/mol. The van der Waals surface area contributed by atoms with E-state index in [1.54, 1.807) is 0 Å². The molecule has 5 nitrogen and oxygen atoms in total. The number of nitrogens with zero attached hydrogens (tertiary/aromatic N) is 2. The SMILES string of the molecule is CCNC(=S)NCCN1CCN(C(=S)NCC)CC1. The summed E-state index contributed by atoms with van der Waals surface area (Å²) in [7, 11) is 0. The van der Waals surface area contributed by atoms with Gasteiger partial charge >= 0.3 is 0 Å². The molecule has 0 bridgehead atoms. The van der Waals surface area contributed by atoms with Gasteiger partial charge in [-0.05, 0) is 38.3 Å². The van der Waals surface area contributed by atoms with Crippen molar-refractivity contribution in [1.82, 2.24) is 25.8 Å². The zero-order valence-electron chi connectivity index (χ0n) is 11.9. The monoisotopic (exact) mass is 303 g/mol. The molecule has 0 saturated carbocycles. The Morgan fingerprint density at radius 1 is 0.947 bits per heavy atom. The van der Waals surface area contributed by atoms with Gasteiger partial charge < -0.3 is 20.9 Å². The maximum Gasteiger partial charge on any atom is 0.169 e. The summed E-state index contributed by atoms with van der Waals surface area (Å²) in [6.07, 6.45) is 0. The molecule has 1 heterocycles. The third-order valence-corrected chi connectivity index (χ3v) is 3.73. The van der Waals surface area contributed by atoms with Crippen molar-refractivity contribution >= 4 is 34.7 Å². The van der Waals surface area contributed by atoms with Crippen molar-refractivity contribution in [3.63, 3.8) is 0 Å². The van der Waals surface area contributed by atoms with E-state index < -0.39 is 0 Å². The third-order valence-electron chi connectivity index (χ3n) is 3.04. The maximum atomic E-state index is 5.32. The van der Waals surface area contributed by atoms with Crippen molar-refractivity contribution in [2.45, 2.75) is 13.8 Å². The van der Waals surface area contributed by atoms with Gasteiger partial charge in [0.25, 0.3) is 0 Å². The van der Waals surface area contributed by atoms with Gasteiger partial charge in [0.15, 0.2) is 10.2 Å². The fraction of sp³-hybridized carbons (Fsp3) is 0.833. The molecule has 1 aliphatic heterocycles. The summed E-state index contributed by atoms with van der Waals surface area (Å²) < 4.78 is 0. The molecule has 7 heteroatoms. The van der Waals surface area contributed by atoms with E-state index in [9.17, 15) is 0 Å². The Morgan fingerprint density at radius 3 is 2.16 bits per heavy atom. The van der Waals surface area contributed by atoms with Crippen LogP contribution in [0.1, 0.15) is 13.8 Å². The minimum atomic E-state index is 0.745. The van der Waals surface area contributed by atoms with E-state index in [1.807, 2.05) is 6.92 Å². The van der Waals surface area contributed by atoms with E-state index in [4.69, 9.17) is 24.4 Å². The lowest BCUT2D eigenvalue weighted by Crippen LogP contribution is -2.52. The Balaban J connectivity index is 2.13. The molecule has 0 aliphatic carbocycles. The Labute approximate surface area is 127 Å². The van der Waals surface area contributed by atoms with Gasteiger partial charge in [-0.1, -0.05) is 0 Å². The highest BCUT2D eigenvalue weighted by Gasteiger charge is 2.17. The molecule has 19 heavy (non-hydrogen) atoms. The summed E-state index contributed by atoms with van der Waals surface area (Å²) in [4.78, 5) is 4.68. The molecule has 0 radical (unpaired) electrons. The number of nitrogens with one attached hydrogen (secondary N) is 3. The average Bonchev–Trinajstić information content (AvgIpc) is 2.40. The number of thiocarbonyl (C=S) groups is 2. The molecule has 0 atom stereocenters. The second kappa shape index (κ2) is 9.28. The first-order valence-corrected chi connectivity index (χ1v) is 7.75. The number of piperazine rings is 1. The molecule has 1 saturated heterocycles. The second-order valence-corrected chi connectivity index (χ2v) is 5.25. The van der Waals surface area contributed by atoms with Crippen molar-refractivity contribution in [2.75, 3.05) is 52.4 Å². The van der Waals surface area contributed by atoms with E-state index in [2.05, 4.69) is 32.7 Å². The number of hydrogen-bond donors (Lipinski definition) is 3. The first-order valence-electron chi connectivity index (χ1n) is 6.94. The van der Waals surface area contributed by atoms with Crippen molar-refractivity contribution in [2.24, 2.45) is 0 Å². The van der Waals surface area contributed by atoms with E-state index in [0.717, 1.165) is 62.6 Å². The molecule has 0 amide bonds. The van der Waals surface area contributed by atoms with Crippen LogP contribution in [0.15, 0.2) is 0 Å². The largest absolute Gasteiger partial charge is 0.363 e. The highest BCUT2D eigenvalue weighted by atomic mass is 32.1. The Morgan fingerprint density at radius 2 is 1.58 bits per heavy atom. The zero-order chi connectivity index (χ0) is 14.1. The van der Waals surface area contributed by atoms with Crippen LogP contribution < -0.4 is 16.0 Å². The fourth-order valence-electron chi connectivity index (χ4n) is 1.99. The van der Waals surface area contributed by atoms with E-state index in [0.29, 0.717) is 0 Å². The van der Waals surface area contributed by atoms with Crippen LogP contribution in [0, 0.1) is 0 Å².